The van der Waals surface area contributed by atoms with E-state index < -0.39 is 0 Å². The van der Waals surface area contributed by atoms with Gasteiger partial charge in [0.2, 0.25) is 5.91 Å². The zero-order chi connectivity index (χ0) is 22.6. The highest BCUT2D eigenvalue weighted by molar-refractivity contribution is 6.31. The number of ether oxygens (including phenoxy) is 1. The van der Waals surface area contributed by atoms with Crippen LogP contribution in [0.2, 0.25) is 5.02 Å². The molecule has 1 atom stereocenters. The first kappa shape index (κ1) is 23.1. The Hall–Kier alpha value is -2.04. The van der Waals surface area contributed by atoms with Crippen molar-refractivity contribution in [2.75, 3.05) is 33.3 Å². The van der Waals surface area contributed by atoms with Crippen molar-refractivity contribution in [2.45, 2.75) is 45.6 Å². The number of hydrogen-bond donors (Lipinski definition) is 0. The first-order chi connectivity index (χ1) is 15.4. The quantitative estimate of drug-likeness (QED) is 0.496. The Balaban J connectivity index is 1.45. The van der Waals surface area contributed by atoms with Crippen LogP contribution in [-0.2, 0) is 11.3 Å². The second-order valence-corrected chi connectivity index (χ2v) is 10.3. The number of amides is 1. The van der Waals surface area contributed by atoms with Crippen molar-refractivity contribution in [1.29, 1.82) is 0 Å². The number of rotatable bonds is 9. The lowest BCUT2D eigenvalue weighted by molar-refractivity contribution is -0.135. The van der Waals surface area contributed by atoms with Crippen molar-refractivity contribution in [3.05, 3.63) is 64.7 Å². The van der Waals surface area contributed by atoms with E-state index in [4.69, 9.17) is 16.3 Å². The normalized spacial score (nSPS) is 21.3. The molecule has 1 aliphatic heterocycles. The average Bonchev–Trinajstić information content (AvgIpc) is 3.59. The van der Waals surface area contributed by atoms with Crippen molar-refractivity contribution < 1.29 is 9.53 Å². The summed E-state index contributed by atoms with van der Waals surface area (Å²) in [4.78, 5) is 17.7. The van der Waals surface area contributed by atoms with Crippen molar-refractivity contribution in [2.24, 2.45) is 11.3 Å². The number of hydrogen-bond acceptors (Lipinski definition) is 3. The van der Waals surface area contributed by atoms with Crippen LogP contribution in [0.3, 0.4) is 0 Å². The largest absolute Gasteiger partial charge is 0.493 e. The number of likely N-dealkylation sites (tertiary alicyclic amines) is 1. The summed E-state index contributed by atoms with van der Waals surface area (Å²) >= 11 is 6.19. The van der Waals surface area contributed by atoms with E-state index in [0.29, 0.717) is 19.6 Å². The molecule has 1 saturated carbocycles. The van der Waals surface area contributed by atoms with Crippen LogP contribution >= 0.6 is 11.6 Å². The fourth-order valence-corrected chi connectivity index (χ4v) is 4.91. The van der Waals surface area contributed by atoms with Gasteiger partial charge in [-0.3, -0.25) is 4.79 Å². The fourth-order valence-electron chi connectivity index (χ4n) is 4.79. The second-order valence-electron chi connectivity index (χ2n) is 9.89. The molecule has 1 aliphatic carbocycles. The Morgan fingerprint density at radius 3 is 2.72 bits per heavy atom. The molecule has 1 saturated heterocycles. The predicted octanol–water partition coefficient (Wildman–Crippen LogP) is 5.57. The molecule has 4 rings (SSSR count). The number of carbonyl (C=O) groups is 1. The van der Waals surface area contributed by atoms with Gasteiger partial charge in [-0.05, 0) is 74.4 Å². The summed E-state index contributed by atoms with van der Waals surface area (Å²) in [5.74, 6) is 1.87. The van der Waals surface area contributed by atoms with Gasteiger partial charge in [0, 0.05) is 43.5 Å². The van der Waals surface area contributed by atoms with Crippen molar-refractivity contribution in [1.82, 2.24) is 9.80 Å². The van der Waals surface area contributed by atoms with Crippen LogP contribution in [0.15, 0.2) is 48.5 Å². The van der Waals surface area contributed by atoms with Gasteiger partial charge in [-0.15, -0.1) is 0 Å². The van der Waals surface area contributed by atoms with Gasteiger partial charge >= 0.3 is 0 Å². The maximum atomic E-state index is 13.3. The Kier molecular flexibility index (Phi) is 7.42. The van der Waals surface area contributed by atoms with Crippen molar-refractivity contribution in [3.8, 4) is 5.75 Å². The van der Waals surface area contributed by atoms with Gasteiger partial charge in [0.15, 0.2) is 0 Å². The second kappa shape index (κ2) is 10.3. The fraction of sp³-hybridized carbons (Fsp3) is 0.519. The predicted molar refractivity (Wildman–Crippen MR) is 130 cm³/mol. The topological polar surface area (TPSA) is 32.8 Å². The SMILES string of the molecule is Cc1cc(OC[C@@]2(CC(=O)N(C)Cc3ccccc3)CCCN(CC3CC3)C2)ccc1Cl. The number of aryl methyl sites for hydroxylation is 1. The van der Waals surface area contributed by atoms with Crippen molar-refractivity contribution in [3.63, 3.8) is 0 Å². The van der Waals surface area contributed by atoms with E-state index in [1.807, 2.05) is 55.3 Å². The van der Waals surface area contributed by atoms with E-state index in [9.17, 15) is 4.79 Å². The zero-order valence-electron chi connectivity index (χ0n) is 19.4. The van der Waals surface area contributed by atoms with Crippen LogP contribution in [0, 0.1) is 18.3 Å². The smallest absolute Gasteiger partial charge is 0.223 e. The first-order valence-electron chi connectivity index (χ1n) is 11.8. The highest BCUT2D eigenvalue weighted by Crippen LogP contribution is 2.38. The van der Waals surface area contributed by atoms with Crippen LogP contribution in [0.25, 0.3) is 0 Å². The van der Waals surface area contributed by atoms with E-state index >= 15 is 0 Å². The lowest BCUT2D eigenvalue weighted by Gasteiger charge is -2.43. The summed E-state index contributed by atoms with van der Waals surface area (Å²) in [7, 11) is 1.91. The van der Waals surface area contributed by atoms with Gasteiger partial charge in [-0.25, -0.2) is 0 Å². The van der Waals surface area contributed by atoms with E-state index in [-0.39, 0.29) is 11.3 Å². The summed E-state index contributed by atoms with van der Waals surface area (Å²) in [6, 6.07) is 16.0. The minimum absolute atomic E-state index is 0.164. The summed E-state index contributed by atoms with van der Waals surface area (Å²) < 4.78 is 6.30. The molecule has 32 heavy (non-hydrogen) atoms. The molecule has 0 radical (unpaired) electrons. The van der Waals surface area contributed by atoms with Crippen LogP contribution in [-0.4, -0.2) is 49.0 Å². The van der Waals surface area contributed by atoms with Gasteiger partial charge in [-0.2, -0.15) is 0 Å². The number of carbonyl (C=O) groups excluding carboxylic acids is 1. The number of halogens is 1. The summed E-state index contributed by atoms with van der Waals surface area (Å²) in [6.07, 6.45) is 5.35. The number of nitrogens with zero attached hydrogens (tertiary/aromatic N) is 2. The van der Waals surface area contributed by atoms with Gasteiger partial charge < -0.3 is 14.5 Å². The Labute approximate surface area is 197 Å². The maximum absolute atomic E-state index is 13.3. The number of benzene rings is 2. The van der Waals surface area contributed by atoms with Gasteiger partial charge in [0.25, 0.3) is 0 Å². The Morgan fingerprint density at radius 2 is 2.00 bits per heavy atom. The van der Waals surface area contributed by atoms with Gasteiger partial charge in [0.1, 0.15) is 5.75 Å². The van der Waals surface area contributed by atoms with E-state index in [2.05, 4.69) is 17.0 Å². The standard InChI is InChI=1S/C27H35ClN2O2/c1-21-15-24(11-12-25(21)28)32-20-27(13-6-14-30(19-27)18-23-9-10-23)16-26(31)29(2)17-22-7-4-3-5-8-22/h3-5,7-8,11-12,15,23H,6,9-10,13-14,16-20H2,1-2H3/t27-/m1/s1. The van der Waals surface area contributed by atoms with Crippen LogP contribution < -0.4 is 4.74 Å². The van der Waals surface area contributed by atoms with E-state index in [0.717, 1.165) is 60.3 Å². The highest BCUT2D eigenvalue weighted by Gasteiger charge is 2.40. The molecule has 0 N–H and O–H groups in total. The van der Waals surface area contributed by atoms with Crippen LogP contribution in [0.1, 0.15) is 43.2 Å². The molecule has 0 spiro atoms. The van der Waals surface area contributed by atoms with Gasteiger partial charge in [-0.1, -0.05) is 41.9 Å². The van der Waals surface area contributed by atoms with Crippen LogP contribution in [0.4, 0.5) is 0 Å². The third-order valence-electron chi connectivity index (χ3n) is 6.84. The molecule has 0 unspecified atom stereocenters. The third kappa shape index (κ3) is 6.26. The molecule has 4 nitrogen and oxygen atoms in total. The Bertz CT molecular complexity index is 915. The molecule has 2 aliphatic rings. The molecular formula is C27H35ClN2O2. The summed E-state index contributed by atoms with van der Waals surface area (Å²) in [5, 5.41) is 0.748. The van der Waals surface area contributed by atoms with Gasteiger partial charge in [0.05, 0.1) is 6.61 Å². The molecule has 1 heterocycles. The molecule has 0 bridgehead atoms. The zero-order valence-corrected chi connectivity index (χ0v) is 20.1. The average molecular weight is 455 g/mol. The summed E-state index contributed by atoms with van der Waals surface area (Å²) in [6.45, 7) is 6.41. The first-order valence-corrected chi connectivity index (χ1v) is 12.2. The van der Waals surface area contributed by atoms with E-state index in [1.165, 1.54) is 12.8 Å². The summed E-state index contributed by atoms with van der Waals surface area (Å²) in [5.41, 5.74) is 2.00. The van der Waals surface area contributed by atoms with Crippen LogP contribution in [0.5, 0.6) is 5.75 Å². The molecular weight excluding hydrogens is 420 g/mol. The molecule has 172 valence electrons. The third-order valence-corrected chi connectivity index (χ3v) is 7.27. The minimum atomic E-state index is -0.164. The minimum Gasteiger partial charge on any atom is -0.493 e. The lowest BCUT2D eigenvalue weighted by atomic mass is 9.77. The molecule has 1 amide bonds. The van der Waals surface area contributed by atoms with E-state index in [1.54, 1.807) is 0 Å². The number of piperidine rings is 1. The highest BCUT2D eigenvalue weighted by atomic mass is 35.5. The molecule has 0 aromatic heterocycles. The van der Waals surface area contributed by atoms with Crippen molar-refractivity contribution >= 4 is 17.5 Å². The molecule has 2 fully saturated rings. The monoisotopic (exact) mass is 454 g/mol. The lowest BCUT2D eigenvalue weighted by Crippen LogP contribution is -2.49. The molecule has 5 heteroatoms. The maximum Gasteiger partial charge on any atom is 0.223 e. The Morgan fingerprint density at radius 1 is 1.22 bits per heavy atom. The molecule has 2 aromatic rings. The molecule has 2 aromatic carbocycles.